The molecule has 1 atom stereocenters. The van der Waals surface area contributed by atoms with E-state index in [2.05, 4.69) is 0 Å². The van der Waals surface area contributed by atoms with Gasteiger partial charge in [-0.3, -0.25) is 4.90 Å². The lowest BCUT2D eigenvalue weighted by atomic mass is 10.1. The average molecular weight is 341 g/mol. The van der Waals surface area contributed by atoms with E-state index in [-0.39, 0.29) is 0 Å². The highest BCUT2D eigenvalue weighted by Gasteiger charge is 2.26. The van der Waals surface area contributed by atoms with Gasteiger partial charge in [-0.15, -0.1) is 0 Å². The Morgan fingerprint density at radius 1 is 1.04 bits per heavy atom. The maximum atomic E-state index is 12.2. The quantitative estimate of drug-likeness (QED) is 0.747. The second-order valence-electron chi connectivity index (χ2n) is 6.66. The van der Waals surface area contributed by atoms with Crippen molar-refractivity contribution in [1.29, 1.82) is 0 Å². The van der Waals surface area contributed by atoms with E-state index < -0.39 is 17.7 Å². The van der Waals surface area contributed by atoms with Crippen LogP contribution in [0.3, 0.4) is 0 Å². The SMILES string of the molecule is CN(C(=O)OC(C)(C)C)C(C=O)c1cccc(Oc2ccccc2)c1. The van der Waals surface area contributed by atoms with Gasteiger partial charge in [0, 0.05) is 7.05 Å². The van der Waals surface area contributed by atoms with Gasteiger partial charge in [0.2, 0.25) is 0 Å². The number of hydrogen-bond donors (Lipinski definition) is 0. The number of benzene rings is 2. The lowest BCUT2D eigenvalue weighted by Crippen LogP contribution is -2.37. The fourth-order valence-electron chi connectivity index (χ4n) is 2.23. The Labute approximate surface area is 148 Å². The molecule has 0 saturated carbocycles. The highest BCUT2D eigenvalue weighted by atomic mass is 16.6. The number of carbonyl (C=O) groups is 2. The zero-order valence-corrected chi connectivity index (χ0v) is 14.9. The van der Waals surface area contributed by atoms with E-state index in [1.165, 1.54) is 11.9 Å². The van der Waals surface area contributed by atoms with Crippen molar-refractivity contribution in [3.05, 3.63) is 60.2 Å². The first-order chi connectivity index (χ1) is 11.8. The van der Waals surface area contributed by atoms with Gasteiger partial charge in [-0.2, -0.15) is 0 Å². The molecule has 2 aromatic rings. The molecule has 0 heterocycles. The lowest BCUT2D eigenvalue weighted by molar-refractivity contribution is -0.112. The van der Waals surface area contributed by atoms with Gasteiger partial charge in [0.05, 0.1) is 0 Å². The van der Waals surface area contributed by atoms with E-state index in [1.807, 2.05) is 30.3 Å². The normalized spacial score (nSPS) is 12.2. The molecule has 0 aliphatic rings. The Hall–Kier alpha value is -2.82. The highest BCUT2D eigenvalue weighted by molar-refractivity contribution is 5.74. The molecule has 0 N–H and O–H groups in total. The molecule has 1 amide bonds. The number of aldehydes is 1. The summed E-state index contributed by atoms with van der Waals surface area (Å²) in [5, 5.41) is 0. The molecule has 5 heteroatoms. The fourth-order valence-corrected chi connectivity index (χ4v) is 2.23. The van der Waals surface area contributed by atoms with Crippen LogP contribution >= 0.6 is 0 Å². The van der Waals surface area contributed by atoms with Crippen molar-refractivity contribution in [2.45, 2.75) is 32.4 Å². The van der Waals surface area contributed by atoms with E-state index in [0.29, 0.717) is 23.3 Å². The van der Waals surface area contributed by atoms with Crippen LogP contribution in [-0.2, 0) is 9.53 Å². The number of rotatable bonds is 5. The third-order valence-electron chi connectivity index (χ3n) is 3.41. The van der Waals surface area contributed by atoms with Crippen LogP contribution in [0.5, 0.6) is 11.5 Å². The molecule has 0 saturated heterocycles. The molecule has 0 aliphatic heterocycles. The molecule has 0 fully saturated rings. The largest absolute Gasteiger partial charge is 0.457 e. The zero-order valence-electron chi connectivity index (χ0n) is 14.9. The molecule has 0 spiro atoms. The van der Waals surface area contributed by atoms with E-state index in [9.17, 15) is 9.59 Å². The van der Waals surface area contributed by atoms with Gasteiger partial charge in [-0.05, 0) is 50.6 Å². The first-order valence-electron chi connectivity index (χ1n) is 8.04. The second-order valence-corrected chi connectivity index (χ2v) is 6.66. The van der Waals surface area contributed by atoms with Crippen molar-refractivity contribution >= 4 is 12.4 Å². The first kappa shape index (κ1) is 18.5. The number of para-hydroxylation sites is 1. The minimum atomic E-state index is -0.755. The van der Waals surface area contributed by atoms with Gasteiger partial charge in [-0.25, -0.2) is 4.79 Å². The molecular formula is C20H23NO4. The van der Waals surface area contributed by atoms with Gasteiger partial charge >= 0.3 is 6.09 Å². The molecule has 0 bridgehead atoms. The van der Waals surface area contributed by atoms with Crippen LogP contribution in [0, 0.1) is 0 Å². The van der Waals surface area contributed by atoms with Crippen molar-refractivity contribution in [1.82, 2.24) is 4.90 Å². The number of ether oxygens (including phenoxy) is 2. The van der Waals surface area contributed by atoms with Crippen LogP contribution in [0.4, 0.5) is 4.79 Å². The molecule has 0 aromatic heterocycles. The Morgan fingerprint density at radius 2 is 1.68 bits per heavy atom. The summed E-state index contributed by atoms with van der Waals surface area (Å²) in [5.41, 5.74) is 0.0219. The van der Waals surface area contributed by atoms with Gasteiger partial charge in [-0.1, -0.05) is 30.3 Å². The Balaban J connectivity index is 2.19. The fraction of sp³-hybridized carbons (Fsp3) is 0.300. The standard InChI is InChI=1S/C20H23NO4/c1-20(2,3)25-19(23)21(4)18(14-22)15-9-8-12-17(13-15)24-16-10-6-5-7-11-16/h5-14,18H,1-4H3. The smallest absolute Gasteiger partial charge is 0.410 e. The summed E-state index contributed by atoms with van der Waals surface area (Å²) in [6.07, 6.45) is 0.157. The molecule has 5 nitrogen and oxygen atoms in total. The number of carbonyl (C=O) groups excluding carboxylic acids is 2. The second kappa shape index (κ2) is 7.83. The topological polar surface area (TPSA) is 55.8 Å². The third-order valence-corrected chi connectivity index (χ3v) is 3.41. The Morgan fingerprint density at radius 3 is 2.28 bits per heavy atom. The van der Waals surface area contributed by atoms with Gasteiger partial charge < -0.3 is 14.3 Å². The Kier molecular flexibility index (Phi) is 5.80. The minimum absolute atomic E-state index is 0.556. The molecular weight excluding hydrogens is 318 g/mol. The third kappa shape index (κ3) is 5.35. The summed E-state index contributed by atoms with van der Waals surface area (Å²) in [7, 11) is 1.54. The van der Waals surface area contributed by atoms with E-state index in [0.717, 1.165) is 0 Å². The molecule has 0 aliphatic carbocycles. The van der Waals surface area contributed by atoms with Crippen molar-refractivity contribution in [3.63, 3.8) is 0 Å². The van der Waals surface area contributed by atoms with Crippen molar-refractivity contribution < 1.29 is 19.1 Å². The van der Waals surface area contributed by atoms with Crippen LogP contribution in [0.2, 0.25) is 0 Å². The molecule has 25 heavy (non-hydrogen) atoms. The molecule has 0 radical (unpaired) electrons. The van der Waals surface area contributed by atoms with Crippen molar-refractivity contribution in [3.8, 4) is 11.5 Å². The van der Waals surface area contributed by atoms with Crippen LogP contribution < -0.4 is 4.74 Å². The summed E-state index contributed by atoms with van der Waals surface area (Å²) in [4.78, 5) is 25.1. The summed E-state index contributed by atoms with van der Waals surface area (Å²) >= 11 is 0. The summed E-state index contributed by atoms with van der Waals surface area (Å²) in [6.45, 7) is 5.34. The number of amides is 1. The van der Waals surface area contributed by atoms with Crippen molar-refractivity contribution in [2.75, 3.05) is 7.05 Å². The number of likely N-dealkylation sites (N-methyl/N-ethyl adjacent to an activating group) is 1. The number of nitrogens with zero attached hydrogens (tertiary/aromatic N) is 1. The van der Waals surface area contributed by atoms with Gasteiger partial charge in [0.25, 0.3) is 0 Å². The van der Waals surface area contributed by atoms with Crippen LogP contribution in [0.15, 0.2) is 54.6 Å². The molecule has 1 unspecified atom stereocenters. The first-order valence-corrected chi connectivity index (χ1v) is 8.04. The monoisotopic (exact) mass is 341 g/mol. The lowest BCUT2D eigenvalue weighted by Gasteiger charge is -2.28. The van der Waals surface area contributed by atoms with Crippen LogP contribution in [-0.4, -0.2) is 29.9 Å². The van der Waals surface area contributed by atoms with Gasteiger partial charge in [0.1, 0.15) is 29.4 Å². The van der Waals surface area contributed by atoms with Crippen LogP contribution in [0.25, 0.3) is 0 Å². The maximum Gasteiger partial charge on any atom is 0.410 e. The minimum Gasteiger partial charge on any atom is -0.457 e. The number of hydrogen-bond acceptors (Lipinski definition) is 4. The predicted molar refractivity (Wildman–Crippen MR) is 95.8 cm³/mol. The average Bonchev–Trinajstić information content (AvgIpc) is 2.55. The van der Waals surface area contributed by atoms with Crippen LogP contribution in [0.1, 0.15) is 32.4 Å². The zero-order chi connectivity index (χ0) is 18.4. The van der Waals surface area contributed by atoms with E-state index >= 15 is 0 Å². The molecule has 2 aromatic carbocycles. The maximum absolute atomic E-state index is 12.2. The molecule has 2 rings (SSSR count). The highest BCUT2D eigenvalue weighted by Crippen LogP contribution is 2.26. The van der Waals surface area contributed by atoms with E-state index in [1.54, 1.807) is 45.0 Å². The summed E-state index contributed by atoms with van der Waals surface area (Å²) in [5.74, 6) is 1.29. The van der Waals surface area contributed by atoms with Gasteiger partial charge in [0.15, 0.2) is 0 Å². The van der Waals surface area contributed by atoms with E-state index in [4.69, 9.17) is 9.47 Å². The molecule has 132 valence electrons. The predicted octanol–water partition coefficient (Wildman–Crippen LogP) is 4.59. The summed E-state index contributed by atoms with van der Waals surface area (Å²) in [6, 6.07) is 15.7. The van der Waals surface area contributed by atoms with Crippen molar-refractivity contribution in [2.24, 2.45) is 0 Å². The Bertz CT molecular complexity index is 722. The summed E-state index contributed by atoms with van der Waals surface area (Å²) < 4.78 is 11.1.